The van der Waals surface area contributed by atoms with E-state index < -0.39 is 0 Å². The van der Waals surface area contributed by atoms with Crippen molar-refractivity contribution in [1.29, 1.82) is 0 Å². The maximum absolute atomic E-state index is 6.09. The average molecular weight is 438 g/mol. The van der Waals surface area contributed by atoms with Gasteiger partial charge in [-0.1, -0.05) is 84.9 Å². The van der Waals surface area contributed by atoms with Crippen LogP contribution in [0.5, 0.6) is 0 Å². The lowest BCUT2D eigenvalue weighted by Crippen LogP contribution is -1.90. The molecule has 0 saturated heterocycles. The van der Waals surface area contributed by atoms with Gasteiger partial charge in [0.1, 0.15) is 11.3 Å². The summed E-state index contributed by atoms with van der Waals surface area (Å²) in [6, 6.07) is 39.9. The monoisotopic (exact) mass is 437 g/mol. The van der Waals surface area contributed by atoms with Gasteiger partial charge in [0.05, 0.1) is 5.69 Å². The van der Waals surface area contributed by atoms with Gasteiger partial charge in [-0.3, -0.25) is 4.98 Å². The zero-order chi connectivity index (χ0) is 22.9. The van der Waals surface area contributed by atoms with E-state index in [9.17, 15) is 0 Å². The molecule has 0 aliphatic rings. The number of nitrogens with zero attached hydrogens (tertiary/aromatic N) is 1. The van der Waals surface area contributed by atoms with E-state index in [0.717, 1.165) is 44.7 Å². The number of furan rings is 1. The molecule has 6 aromatic rings. The molecule has 0 atom stereocenters. The molecule has 0 bridgehead atoms. The largest absolute Gasteiger partial charge is 0.456 e. The molecule has 0 radical (unpaired) electrons. The van der Waals surface area contributed by atoms with Crippen LogP contribution in [-0.2, 0) is 0 Å². The Kier molecular flexibility index (Phi) is 5.04. The Hall–Kier alpha value is -4.43. The molecule has 0 spiro atoms. The molecule has 4 aromatic carbocycles. The number of aryl methyl sites for hydroxylation is 1. The van der Waals surface area contributed by atoms with Gasteiger partial charge < -0.3 is 4.42 Å². The normalized spacial score (nSPS) is 11.1. The van der Waals surface area contributed by atoms with Crippen molar-refractivity contribution in [3.05, 3.63) is 127 Å². The Labute approximate surface area is 199 Å². The summed E-state index contributed by atoms with van der Waals surface area (Å²) >= 11 is 0. The Morgan fingerprint density at radius 3 is 2.00 bits per heavy atom. The first-order valence-electron chi connectivity index (χ1n) is 11.5. The number of rotatable bonds is 4. The first kappa shape index (κ1) is 20.2. The molecule has 0 N–H and O–H groups in total. The summed E-state index contributed by atoms with van der Waals surface area (Å²) in [6.45, 7) is 2.15. The lowest BCUT2D eigenvalue weighted by atomic mass is 9.98. The van der Waals surface area contributed by atoms with Crippen LogP contribution in [0.2, 0.25) is 0 Å². The average Bonchev–Trinajstić information content (AvgIpc) is 3.33. The minimum Gasteiger partial charge on any atom is -0.456 e. The van der Waals surface area contributed by atoms with Crippen LogP contribution in [0.1, 0.15) is 5.56 Å². The van der Waals surface area contributed by atoms with E-state index in [1.54, 1.807) is 0 Å². The number of fused-ring (bicyclic) bond motifs is 1. The summed E-state index contributed by atoms with van der Waals surface area (Å²) in [4.78, 5) is 4.79. The molecule has 6 rings (SSSR count). The van der Waals surface area contributed by atoms with Crippen molar-refractivity contribution in [2.75, 3.05) is 0 Å². The first-order valence-corrected chi connectivity index (χ1v) is 11.5. The van der Waals surface area contributed by atoms with Crippen LogP contribution in [-0.4, -0.2) is 4.98 Å². The molecule has 0 aliphatic carbocycles. The second-order valence-electron chi connectivity index (χ2n) is 8.56. The van der Waals surface area contributed by atoms with Crippen LogP contribution in [0.15, 0.2) is 126 Å². The molecule has 34 heavy (non-hydrogen) atoms. The molecule has 0 amide bonds. The van der Waals surface area contributed by atoms with Gasteiger partial charge in [-0.25, -0.2) is 0 Å². The first-order chi connectivity index (χ1) is 16.7. The van der Waals surface area contributed by atoms with E-state index in [1.807, 2.05) is 30.5 Å². The fourth-order valence-electron chi connectivity index (χ4n) is 4.46. The lowest BCUT2D eigenvalue weighted by molar-refractivity contribution is 0.631. The highest BCUT2D eigenvalue weighted by Gasteiger charge is 2.10. The molecular formula is C32H23NO. The highest BCUT2D eigenvalue weighted by atomic mass is 16.3. The summed E-state index contributed by atoms with van der Waals surface area (Å²) < 4.78 is 6.09. The second kappa shape index (κ2) is 8.49. The van der Waals surface area contributed by atoms with Crippen molar-refractivity contribution in [2.24, 2.45) is 0 Å². The van der Waals surface area contributed by atoms with Gasteiger partial charge in [0.2, 0.25) is 0 Å². The molecule has 2 aromatic heterocycles. The summed E-state index contributed by atoms with van der Waals surface area (Å²) in [5.41, 5.74) is 9.97. The number of benzene rings is 4. The molecule has 0 aliphatic heterocycles. The summed E-state index contributed by atoms with van der Waals surface area (Å²) in [5.74, 6) is 0.889. The third-order valence-electron chi connectivity index (χ3n) is 6.26. The van der Waals surface area contributed by atoms with E-state index in [2.05, 4.69) is 97.9 Å². The fraction of sp³-hybridized carbons (Fsp3) is 0.0312. The zero-order valence-corrected chi connectivity index (χ0v) is 18.9. The van der Waals surface area contributed by atoms with E-state index in [-0.39, 0.29) is 0 Å². The van der Waals surface area contributed by atoms with Crippen molar-refractivity contribution >= 4 is 11.0 Å². The zero-order valence-electron chi connectivity index (χ0n) is 18.9. The van der Waals surface area contributed by atoms with Crippen LogP contribution in [0.4, 0.5) is 0 Å². The predicted molar refractivity (Wildman–Crippen MR) is 140 cm³/mol. The molecule has 2 nitrogen and oxygen atoms in total. The molecule has 162 valence electrons. The van der Waals surface area contributed by atoms with E-state index in [4.69, 9.17) is 9.40 Å². The van der Waals surface area contributed by atoms with Crippen LogP contribution in [0.25, 0.3) is 55.8 Å². The third kappa shape index (κ3) is 3.80. The fourth-order valence-corrected chi connectivity index (χ4v) is 4.46. The van der Waals surface area contributed by atoms with Crippen LogP contribution < -0.4 is 0 Å². The second-order valence-corrected chi connectivity index (χ2v) is 8.56. The minimum absolute atomic E-state index is 0.889. The van der Waals surface area contributed by atoms with E-state index in [1.165, 1.54) is 16.7 Å². The van der Waals surface area contributed by atoms with Crippen molar-refractivity contribution in [3.63, 3.8) is 0 Å². The topological polar surface area (TPSA) is 26.0 Å². The third-order valence-corrected chi connectivity index (χ3v) is 6.26. The predicted octanol–water partition coefficient (Wildman–Crippen LogP) is 8.80. The molecule has 2 heterocycles. The lowest BCUT2D eigenvalue weighted by Gasteiger charge is -2.10. The maximum Gasteiger partial charge on any atom is 0.135 e. The van der Waals surface area contributed by atoms with Gasteiger partial charge in [-0.2, -0.15) is 0 Å². The molecule has 0 fully saturated rings. The molecule has 0 unspecified atom stereocenters. The van der Waals surface area contributed by atoms with Gasteiger partial charge in [-0.05, 0) is 59.5 Å². The van der Waals surface area contributed by atoms with Gasteiger partial charge >= 0.3 is 0 Å². The van der Waals surface area contributed by atoms with Crippen molar-refractivity contribution < 1.29 is 4.42 Å². The van der Waals surface area contributed by atoms with Gasteiger partial charge in [0.15, 0.2) is 0 Å². The van der Waals surface area contributed by atoms with Gasteiger partial charge in [0, 0.05) is 28.3 Å². The van der Waals surface area contributed by atoms with Crippen molar-refractivity contribution in [2.45, 2.75) is 6.92 Å². The van der Waals surface area contributed by atoms with Crippen LogP contribution in [0.3, 0.4) is 0 Å². The highest BCUT2D eigenvalue weighted by Crippen LogP contribution is 2.33. The number of pyridine rings is 1. The molecule has 2 heteroatoms. The Bertz CT molecular complexity index is 1600. The van der Waals surface area contributed by atoms with Gasteiger partial charge in [-0.15, -0.1) is 0 Å². The van der Waals surface area contributed by atoms with E-state index >= 15 is 0 Å². The smallest absolute Gasteiger partial charge is 0.135 e. The summed E-state index contributed by atoms with van der Waals surface area (Å²) in [5, 5.41) is 1.10. The van der Waals surface area contributed by atoms with Crippen molar-refractivity contribution in [1.82, 2.24) is 4.98 Å². The van der Waals surface area contributed by atoms with Crippen LogP contribution in [0, 0.1) is 6.92 Å². The Balaban J connectivity index is 1.34. The molecule has 0 saturated carbocycles. The minimum atomic E-state index is 0.889. The standard InChI is InChI=1S/C32H23NO/c1-22-17-30(33-21-29(22)23-9-4-2-5-10-23)27-14-8-13-25(18-27)26-15-16-31-28(19-26)20-32(34-31)24-11-6-3-7-12-24/h2-21H,1H3. The van der Waals surface area contributed by atoms with Gasteiger partial charge in [0.25, 0.3) is 0 Å². The van der Waals surface area contributed by atoms with Crippen molar-refractivity contribution in [3.8, 4) is 44.8 Å². The Morgan fingerprint density at radius 2 is 1.24 bits per heavy atom. The number of aromatic nitrogens is 1. The quantitative estimate of drug-likeness (QED) is 0.275. The summed E-state index contributed by atoms with van der Waals surface area (Å²) in [6.07, 6.45) is 1.98. The summed E-state index contributed by atoms with van der Waals surface area (Å²) in [7, 11) is 0. The van der Waals surface area contributed by atoms with Crippen LogP contribution >= 0.6 is 0 Å². The SMILES string of the molecule is Cc1cc(-c2cccc(-c3ccc4oc(-c5ccccc5)cc4c3)c2)ncc1-c1ccccc1. The van der Waals surface area contributed by atoms with E-state index in [0.29, 0.717) is 0 Å². The molecular weight excluding hydrogens is 414 g/mol. The Morgan fingerprint density at radius 1 is 0.559 bits per heavy atom. The number of hydrogen-bond donors (Lipinski definition) is 0. The number of hydrogen-bond acceptors (Lipinski definition) is 2. The highest BCUT2D eigenvalue weighted by molar-refractivity contribution is 5.88. The maximum atomic E-state index is 6.09.